The van der Waals surface area contributed by atoms with E-state index in [4.69, 9.17) is 4.74 Å². The van der Waals surface area contributed by atoms with Crippen molar-refractivity contribution < 1.29 is 4.74 Å². The molecule has 0 amide bonds. The maximum Gasteiger partial charge on any atom is 0.100 e. The van der Waals surface area contributed by atoms with Gasteiger partial charge in [-0.25, -0.2) is 0 Å². The van der Waals surface area contributed by atoms with Gasteiger partial charge in [-0.15, -0.1) is 0 Å². The third kappa shape index (κ3) is 0.992. The minimum Gasteiger partial charge on any atom is -0.363 e. The van der Waals surface area contributed by atoms with Gasteiger partial charge in [-0.05, 0) is 14.1 Å². The van der Waals surface area contributed by atoms with E-state index in [0.717, 1.165) is 13.3 Å². The standard InChI is InChI=1S/C5H12N2O/c1-6-5-3-8-4-7(5)2/h5-6H,3-4H2,1-2H3. The number of likely N-dealkylation sites (N-methyl/N-ethyl adjacent to an activating group) is 2. The van der Waals surface area contributed by atoms with E-state index in [9.17, 15) is 0 Å². The molecular formula is C5H12N2O. The zero-order valence-corrected chi connectivity index (χ0v) is 5.35. The first-order valence-electron chi connectivity index (χ1n) is 2.80. The second-order valence-electron chi connectivity index (χ2n) is 2.06. The monoisotopic (exact) mass is 116 g/mol. The highest BCUT2D eigenvalue weighted by Gasteiger charge is 2.18. The molecule has 1 unspecified atom stereocenters. The van der Waals surface area contributed by atoms with Crippen LogP contribution in [0.5, 0.6) is 0 Å². The SMILES string of the molecule is CNC1COCN1C. The summed E-state index contributed by atoms with van der Waals surface area (Å²) in [5, 5.41) is 3.11. The van der Waals surface area contributed by atoms with E-state index < -0.39 is 0 Å². The fourth-order valence-corrected chi connectivity index (χ4v) is 0.829. The highest BCUT2D eigenvalue weighted by molar-refractivity contribution is 4.65. The fourth-order valence-electron chi connectivity index (χ4n) is 0.829. The summed E-state index contributed by atoms with van der Waals surface area (Å²) in [6, 6.07) is 0. The first-order chi connectivity index (χ1) is 3.84. The molecule has 1 rings (SSSR count). The molecule has 3 heteroatoms. The maximum atomic E-state index is 5.12. The molecule has 3 nitrogen and oxygen atoms in total. The average molecular weight is 116 g/mol. The van der Waals surface area contributed by atoms with Gasteiger partial charge in [0.2, 0.25) is 0 Å². The predicted octanol–water partition coefficient (Wildman–Crippen LogP) is -0.549. The first kappa shape index (κ1) is 6.01. The van der Waals surface area contributed by atoms with Crippen molar-refractivity contribution >= 4 is 0 Å². The molecule has 1 saturated heterocycles. The lowest BCUT2D eigenvalue weighted by molar-refractivity contribution is 0.153. The Morgan fingerprint density at radius 1 is 1.75 bits per heavy atom. The lowest BCUT2D eigenvalue weighted by Crippen LogP contribution is -2.38. The van der Waals surface area contributed by atoms with Crippen molar-refractivity contribution in [2.75, 3.05) is 27.4 Å². The van der Waals surface area contributed by atoms with Crippen LogP contribution in [0, 0.1) is 0 Å². The quantitative estimate of drug-likeness (QED) is 0.497. The first-order valence-corrected chi connectivity index (χ1v) is 2.80. The largest absolute Gasteiger partial charge is 0.363 e. The summed E-state index contributed by atoms with van der Waals surface area (Å²) < 4.78 is 5.12. The Morgan fingerprint density at radius 3 is 2.75 bits per heavy atom. The van der Waals surface area contributed by atoms with E-state index in [1.165, 1.54) is 0 Å². The molecule has 1 aliphatic rings. The van der Waals surface area contributed by atoms with Gasteiger partial charge in [0.25, 0.3) is 0 Å². The molecule has 0 aliphatic carbocycles. The van der Waals surface area contributed by atoms with Crippen LogP contribution in [0.25, 0.3) is 0 Å². The van der Waals surface area contributed by atoms with Crippen LogP contribution in [-0.4, -0.2) is 38.5 Å². The molecule has 0 saturated carbocycles. The normalized spacial score (nSPS) is 31.5. The molecule has 1 aliphatic heterocycles. The summed E-state index contributed by atoms with van der Waals surface area (Å²) >= 11 is 0. The number of nitrogens with zero attached hydrogens (tertiary/aromatic N) is 1. The Bertz CT molecular complexity index is 76.8. The average Bonchev–Trinajstić information content (AvgIpc) is 2.14. The van der Waals surface area contributed by atoms with E-state index in [2.05, 4.69) is 10.2 Å². The molecule has 1 N–H and O–H groups in total. The van der Waals surface area contributed by atoms with Crippen molar-refractivity contribution in [1.29, 1.82) is 0 Å². The smallest absolute Gasteiger partial charge is 0.100 e. The summed E-state index contributed by atoms with van der Waals surface area (Å²) in [5.41, 5.74) is 0. The molecule has 1 heterocycles. The van der Waals surface area contributed by atoms with Crippen molar-refractivity contribution in [1.82, 2.24) is 10.2 Å². The van der Waals surface area contributed by atoms with Crippen molar-refractivity contribution in [2.24, 2.45) is 0 Å². The van der Waals surface area contributed by atoms with Crippen molar-refractivity contribution in [2.45, 2.75) is 6.17 Å². The zero-order chi connectivity index (χ0) is 5.98. The second kappa shape index (κ2) is 2.44. The molecule has 0 bridgehead atoms. The fraction of sp³-hybridized carbons (Fsp3) is 1.00. The third-order valence-electron chi connectivity index (χ3n) is 1.44. The molecule has 48 valence electrons. The van der Waals surface area contributed by atoms with Crippen molar-refractivity contribution in [3.8, 4) is 0 Å². The van der Waals surface area contributed by atoms with Crippen LogP contribution in [0.2, 0.25) is 0 Å². The topological polar surface area (TPSA) is 24.5 Å². The third-order valence-corrected chi connectivity index (χ3v) is 1.44. The number of rotatable bonds is 1. The Kier molecular flexibility index (Phi) is 1.83. The number of hydrogen-bond acceptors (Lipinski definition) is 3. The van der Waals surface area contributed by atoms with Crippen molar-refractivity contribution in [3.63, 3.8) is 0 Å². The van der Waals surface area contributed by atoms with Gasteiger partial charge < -0.3 is 10.1 Å². The lowest BCUT2D eigenvalue weighted by Gasteiger charge is -2.14. The second-order valence-corrected chi connectivity index (χ2v) is 2.06. The minimum atomic E-state index is 0.426. The van der Waals surface area contributed by atoms with Crippen LogP contribution >= 0.6 is 0 Å². The van der Waals surface area contributed by atoms with Gasteiger partial charge in [0, 0.05) is 0 Å². The lowest BCUT2D eigenvalue weighted by atomic mass is 10.5. The molecule has 8 heavy (non-hydrogen) atoms. The molecule has 0 radical (unpaired) electrons. The zero-order valence-electron chi connectivity index (χ0n) is 5.35. The predicted molar refractivity (Wildman–Crippen MR) is 31.4 cm³/mol. The van der Waals surface area contributed by atoms with Gasteiger partial charge in [-0.1, -0.05) is 0 Å². The Morgan fingerprint density at radius 2 is 2.50 bits per heavy atom. The van der Waals surface area contributed by atoms with Crippen molar-refractivity contribution in [3.05, 3.63) is 0 Å². The van der Waals surface area contributed by atoms with E-state index in [1.54, 1.807) is 0 Å². The molecule has 1 fully saturated rings. The van der Waals surface area contributed by atoms with Crippen LogP contribution in [0.4, 0.5) is 0 Å². The van der Waals surface area contributed by atoms with Crippen LogP contribution in [0.1, 0.15) is 0 Å². The van der Waals surface area contributed by atoms with Gasteiger partial charge in [0.05, 0.1) is 12.8 Å². The summed E-state index contributed by atoms with van der Waals surface area (Å²) in [6.45, 7) is 1.57. The summed E-state index contributed by atoms with van der Waals surface area (Å²) in [4.78, 5) is 2.12. The minimum absolute atomic E-state index is 0.426. The van der Waals surface area contributed by atoms with Gasteiger partial charge in [-0.3, -0.25) is 4.90 Å². The molecule has 0 aromatic carbocycles. The van der Waals surface area contributed by atoms with Crippen LogP contribution in [-0.2, 0) is 4.74 Å². The summed E-state index contributed by atoms with van der Waals surface area (Å²) in [7, 11) is 3.98. The van der Waals surface area contributed by atoms with Gasteiger partial charge in [0.1, 0.15) is 6.73 Å². The molecule has 1 atom stereocenters. The number of ether oxygens (including phenoxy) is 1. The van der Waals surface area contributed by atoms with Crippen LogP contribution in [0.15, 0.2) is 0 Å². The maximum absolute atomic E-state index is 5.12. The van der Waals surface area contributed by atoms with E-state index in [-0.39, 0.29) is 0 Å². The van der Waals surface area contributed by atoms with E-state index in [0.29, 0.717) is 6.17 Å². The summed E-state index contributed by atoms with van der Waals surface area (Å²) in [5.74, 6) is 0. The number of nitrogens with one attached hydrogen (secondary N) is 1. The highest BCUT2D eigenvalue weighted by atomic mass is 16.5. The van der Waals surface area contributed by atoms with Gasteiger partial charge >= 0.3 is 0 Å². The number of hydrogen-bond donors (Lipinski definition) is 1. The molecular weight excluding hydrogens is 104 g/mol. The Labute approximate surface area is 49.6 Å². The molecule has 0 spiro atoms. The van der Waals surface area contributed by atoms with E-state index >= 15 is 0 Å². The van der Waals surface area contributed by atoms with E-state index in [1.807, 2.05) is 14.1 Å². The van der Waals surface area contributed by atoms with Gasteiger partial charge in [-0.2, -0.15) is 0 Å². The Balaban J connectivity index is 2.30. The van der Waals surface area contributed by atoms with Crippen LogP contribution in [0.3, 0.4) is 0 Å². The Hall–Kier alpha value is -0.120. The van der Waals surface area contributed by atoms with Gasteiger partial charge in [0.15, 0.2) is 0 Å². The highest BCUT2D eigenvalue weighted by Crippen LogP contribution is 2.00. The molecule has 0 aromatic heterocycles. The van der Waals surface area contributed by atoms with Crippen LogP contribution < -0.4 is 5.32 Å². The molecule has 0 aromatic rings. The summed E-state index contributed by atoms with van der Waals surface area (Å²) in [6.07, 6.45) is 0.426.